The molecule has 5 rings (SSSR count). The van der Waals surface area contributed by atoms with Crippen molar-refractivity contribution >= 4 is 28.1 Å². The fourth-order valence-corrected chi connectivity index (χ4v) is 3.90. The molecule has 4 aromatic rings. The number of hydrogen-bond acceptors (Lipinski definition) is 4. The molecule has 1 atom stereocenters. The summed E-state index contributed by atoms with van der Waals surface area (Å²) in [6, 6.07) is 24.3. The molecule has 3 N–H and O–H groups in total. The number of nitrogens with one attached hydrogen (secondary N) is 2. The molecule has 1 aliphatic rings. The van der Waals surface area contributed by atoms with E-state index in [2.05, 4.69) is 9.97 Å². The van der Waals surface area contributed by atoms with Crippen molar-refractivity contribution in [1.82, 2.24) is 9.97 Å². The Kier molecular flexibility index (Phi) is 4.25. The Bertz CT molecular complexity index is 1230. The summed E-state index contributed by atoms with van der Waals surface area (Å²) in [4.78, 5) is 9.67. The fraction of sp³-hybridized carbons (Fsp3) is 0.0833. The number of anilines is 1. The van der Waals surface area contributed by atoms with Gasteiger partial charge in [-0.25, -0.2) is 4.98 Å². The fourth-order valence-electron chi connectivity index (χ4n) is 3.90. The summed E-state index contributed by atoms with van der Waals surface area (Å²) in [7, 11) is 1.62. The third kappa shape index (κ3) is 2.81. The van der Waals surface area contributed by atoms with Crippen LogP contribution in [0.15, 0.2) is 84.6 Å². The minimum atomic E-state index is -0.518. The van der Waals surface area contributed by atoms with E-state index in [4.69, 9.17) is 10.1 Å². The number of hydrogen-bond donors (Lipinski definition) is 3. The van der Waals surface area contributed by atoms with Gasteiger partial charge in [-0.2, -0.15) is 0 Å². The van der Waals surface area contributed by atoms with Crippen LogP contribution in [-0.2, 0) is 0 Å². The molecule has 0 bridgehead atoms. The largest absolute Gasteiger partial charge is 0.509 e. The third-order valence-corrected chi connectivity index (χ3v) is 5.34. The molecule has 1 aliphatic heterocycles. The molecule has 148 valence electrons. The molecule has 2 heterocycles. The molecule has 6 heteroatoms. The molecule has 0 spiro atoms. The van der Waals surface area contributed by atoms with Crippen LogP contribution >= 0.6 is 0 Å². The van der Waals surface area contributed by atoms with E-state index in [-0.39, 0.29) is 11.6 Å². The first kappa shape index (κ1) is 18.0. The molecule has 0 saturated heterocycles. The van der Waals surface area contributed by atoms with E-state index in [9.17, 15) is 5.11 Å². The standard InChI is InChI=1S/C24H20N4O2/c1-30-17-13-11-16(12-14-17)28-21(15-7-3-2-4-8-15)22(29)20(23(28)25)24-26-18-9-5-6-10-19(18)27-24/h2-14,21,25,29H,1H3,(H,26,27). The maximum Gasteiger partial charge on any atom is 0.145 e. The highest BCUT2D eigenvalue weighted by Crippen LogP contribution is 2.43. The monoisotopic (exact) mass is 396 g/mol. The summed E-state index contributed by atoms with van der Waals surface area (Å²) < 4.78 is 5.27. The van der Waals surface area contributed by atoms with Crippen LogP contribution in [0.1, 0.15) is 17.4 Å². The Hall–Kier alpha value is -4.06. The lowest BCUT2D eigenvalue weighted by atomic mass is 10.0. The minimum Gasteiger partial charge on any atom is -0.509 e. The van der Waals surface area contributed by atoms with Crippen LogP contribution in [0.4, 0.5) is 5.69 Å². The number of ether oxygens (including phenoxy) is 1. The Morgan fingerprint density at radius 3 is 2.37 bits per heavy atom. The number of aliphatic hydroxyl groups is 1. The van der Waals surface area contributed by atoms with E-state index in [1.54, 1.807) is 7.11 Å². The van der Waals surface area contributed by atoms with Crippen LogP contribution in [-0.4, -0.2) is 28.0 Å². The first-order chi connectivity index (χ1) is 14.7. The Morgan fingerprint density at radius 2 is 1.67 bits per heavy atom. The van der Waals surface area contributed by atoms with Crippen LogP contribution in [0.5, 0.6) is 5.75 Å². The second-order valence-corrected chi connectivity index (χ2v) is 7.09. The van der Waals surface area contributed by atoms with Crippen molar-refractivity contribution < 1.29 is 9.84 Å². The topological polar surface area (TPSA) is 85.2 Å². The van der Waals surface area contributed by atoms with Crippen LogP contribution in [0.2, 0.25) is 0 Å². The zero-order valence-electron chi connectivity index (χ0n) is 16.3. The Morgan fingerprint density at radius 1 is 0.967 bits per heavy atom. The van der Waals surface area contributed by atoms with Crippen LogP contribution < -0.4 is 9.64 Å². The number of benzene rings is 3. The average molecular weight is 396 g/mol. The number of rotatable bonds is 4. The van der Waals surface area contributed by atoms with Gasteiger partial charge < -0.3 is 19.7 Å². The van der Waals surface area contributed by atoms with Gasteiger partial charge in [0, 0.05) is 5.69 Å². The molecule has 1 unspecified atom stereocenters. The summed E-state index contributed by atoms with van der Waals surface area (Å²) in [5, 5.41) is 20.2. The molecule has 0 saturated carbocycles. The van der Waals surface area contributed by atoms with E-state index in [0.29, 0.717) is 11.4 Å². The number of amidine groups is 1. The van der Waals surface area contributed by atoms with Crippen LogP contribution in [0.25, 0.3) is 16.6 Å². The zero-order valence-corrected chi connectivity index (χ0v) is 16.3. The zero-order chi connectivity index (χ0) is 20.7. The molecule has 30 heavy (non-hydrogen) atoms. The molecular weight excluding hydrogens is 376 g/mol. The number of methoxy groups -OCH3 is 1. The molecular formula is C24H20N4O2. The molecule has 6 nitrogen and oxygen atoms in total. The van der Waals surface area contributed by atoms with Crippen molar-refractivity contribution in [2.45, 2.75) is 6.04 Å². The quantitative estimate of drug-likeness (QED) is 0.449. The molecule has 0 fully saturated rings. The molecule has 0 aliphatic carbocycles. The van der Waals surface area contributed by atoms with Crippen molar-refractivity contribution in [3.8, 4) is 5.75 Å². The second-order valence-electron chi connectivity index (χ2n) is 7.09. The maximum absolute atomic E-state index is 11.3. The van der Waals surface area contributed by atoms with Gasteiger partial charge in [0.05, 0.1) is 23.7 Å². The molecule has 1 aromatic heterocycles. The van der Waals surface area contributed by atoms with E-state index in [0.717, 1.165) is 28.0 Å². The number of aromatic nitrogens is 2. The Labute approximate surface area is 173 Å². The van der Waals surface area contributed by atoms with Crippen molar-refractivity contribution in [3.05, 3.63) is 96.0 Å². The number of imidazole rings is 1. The molecule has 0 amide bonds. The normalized spacial score (nSPS) is 16.5. The maximum atomic E-state index is 11.3. The number of H-pyrrole nitrogens is 1. The SMILES string of the molecule is COc1ccc(N2C(=N)C(c3nc4ccccc4[nH]3)=C(O)C2c2ccccc2)cc1. The number of aliphatic hydroxyl groups excluding tert-OH is 1. The van der Waals surface area contributed by atoms with Gasteiger partial charge in [0.2, 0.25) is 0 Å². The van der Waals surface area contributed by atoms with Crippen molar-refractivity contribution in [2.24, 2.45) is 0 Å². The predicted octanol–water partition coefficient (Wildman–Crippen LogP) is 5.08. The lowest BCUT2D eigenvalue weighted by Gasteiger charge is -2.27. The molecule has 0 radical (unpaired) electrons. The highest BCUT2D eigenvalue weighted by atomic mass is 16.5. The lowest BCUT2D eigenvalue weighted by Crippen LogP contribution is -2.29. The molecule has 3 aromatic carbocycles. The number of para-hydroxylation sites is 2. The Balaban J connectivity index is 1.66. The van der Waals surface area contributed by atoms with Gasteiger partial charge in [-0.3, -0.25) is 5.41 Å². The van der Waals surface area contributed by atoms with E-state index >= 15 is 0 Å². The first-order valence-electron chi connectivity index (χ1n) is 9.63. The van der Waals surface area contributed by atoms with Gasteiger partial charge in [0.25, 0.3) is 0 Å². The van der Waals surface area contributed by atoms with Gasteiger partial charge in [0.15, 0.2) is 0 Å². The van der Waals surface area contributed by atoms with Gasteiger partial charge in [-0.05, 0) is 42.0 Å². The third-order valence-electron chi connectivity index (χ3n) is 5.34. The van der Waals surface area contributed by atoms with E-state index in [1.807, 2.05) is 83.8 Å². The highest BCUT2D eigenvalue weighted by Gasteiger charge is 2.40. The van der Waals surface area contributed by atoms with E-state index in [1.165, 1.54) is 0 Å². The van der Waals surface area contributed by atoms with Crippen molar-refractivity contribution in [2.75, 3.05) is 12.0 Å². The summed E-state index contributed by atoms with van der Waals surface area (Å²) in [5.74, 6) is 1.50. The van der Waals surface area contributed by atoms with Gasteiger partial charge in [0.1, 0.15) is 29.2 Å². The van der Waals surface area contributed by atoms with E-state index < -0.39 is 6.04 Å². The van der Waals surface area contributed by atoms with Crippen LogP contribution in [0.3, 0.4) is 0 Å². The second kappa shape index (κ2) is 7.08. The summed E-state index contributed by atoms with van der Waals surface area (Å²) >= 11 is 0. The first-order valence-corrected chi connectivity index (χ1v) is 9.63. The summed E-state index contributed by atoms with van der Waals surface area (Å²) in [6.45, 7) is 0. The van der Waals surface area contributed by atoms with Gasteiger partial charge >= 0.3 is 0 Å². The van der Waals surface area contributed by atoms with Crippen molar-refractivity contribution in [3.63, 3.8) is 0 Å². The van der Waals surface area contributed by atoms with Crippen molar-refractivity contribution in [1.29, 1.82) is 5.41 Å². The highest BCUT2D eigenvalue weighted by molar-refractivity contribution is 6.31. The summed E-state index contributed by atoms with van der Waals surface area (Å²) in [6.07, 6.45) is 0. The number of aromatic amines is 1. The average Bonchev–Trinajstić information content (AvgIpc) is 3.32. The predicted molar refractivity (Wildman–Crippen MR) is 118 cm³/mol. The van der Waals surface area contributed by atoms with Gasteiger partial charge in [-0.15, -0.1) is 0 Å². The lowest BCUT2D eigenvalue weighted by molar-refractivity contribution is 0.379. The van der Waals surface area contributed by atoms with Crippen LogP contribution in [0, 0.1) is 5.41 Å². The smallest absolute Gasteiger partial charge is 0.145 e. The number of fused-ring (bicyclic) bond motifs is 1. The number of nitrogens with zero attached hydrogens (tertiary/aromatic N) is 2. The minimum absolute atomic E-state index is 0.0982. The van der Waals surface area contributed by atoms with Gasteiger partial charge in [-0.1, -0.05) is 42.5 Å². The summed E-state index contributed by atoms with van der Waals surface area (Å²) in [5.41, 5.74) is 3.73.